The van der Waals surface area contributed by atoms with Crippen LogP contribution in [-0.2, 0) is 19.5 Å². The van der Waals surface area contributed by atoms with E-state index >= 15 is 0 Å². The van der Waals surface area contributed by atoms with Gasteiger partial charge in [-0.2, -0.15) is 4.39 Å². The number of hydrogen-bond donors (Lipinski definition) is 0. The highest BCUT2D eigenvalue weighted by Gasteiger charge is 2.37. The smallest absolute Gasteiger partial charge is 0.263 e. The van der Waals surface area contributed by atoms with E-state index in [2.05, 4.69) is 17.1 Å². The van der Waals surface area contributed by atoms with Crippen molar-refractivity contribution in [3.63, 3.8) is 0 Å². The molecule has 8 nitrogen and oxygen atoms in total. The van der Waals surface area contributed by atoms with Gasteiger partial charge in [-0.1, -0.05) is 42.5 Å². The molecule has 3 amide bonds. The lowest BCUT2D eigenvalue weighted by Gasteiger charge is -2.21. The zero-order chi connectivity index (χ0) is 29.4. The van der Waals surface area contributed by atoms with Crippen molar-refractivity contribution in [2.24, 2.45) is 0 Å². The molecule has 0 saturated carbocycles. The molecule has 0 radical (unpaired) electrons. The third-order valence-electron chi connectivity index (χ3n) is 7.61. The molecule has 9 heteroatoms. The van der Waals surface area contributed by atoms with Crippen molar-refractivity contribution < 1.29 is 28.2 Å². The first-order chi connectivity index (χ1) is 20.3. The van der Waals surface area contributed by atoms with Crippen molar-refractivity contribution in [2.75, 3.05) is 12.0 Å². The number of hydrogen-bond acceptors (Lipinski definition) is 6. The van der Waals surface area contributed by atoms with Gasteiger partial charge in [0.1, 0.15) is 0 Å². The highest BCUT2D eigenvalue weighted by molar-refractivity contribution is 6.21. The normalized spacial score (nSPS) is 14.7. The van der Waals surface area contributed by atoms with Crippen molar-refractivity contribution in [3.05, 3.63) is 118 Å². The molecule has 0 aliphatic carbocycles. The first-order valence-electron chi connectivity index (χ1n) is 13.7. The van der Waals surface area contributed by atoms with Crippen LogP contribution in [0.15, 0.2) is 79.0 Å². The van der Waals surface area contributed by atoms with E-state index in [9.17, 15) is 18.8 Å². The molecule has 6 rings (SSSR count). The predicted octanol–water partition coefficient (Wildman–Crippen LogP) is 5.59. The van der Waals surface area contributed by atoms with Gasteiger partial charge < -0.3 is 14.4 Å². The zero-order valence-corrected chi connectivity index (χ0v) is 23.2. The van der Waals surface area contributed by atoms with Crippen LogP contribution in [0.3, 0.4) is 0 Å². The number of aryl methyl sites for hydroxylation is 1. The van der Waals surface area contributed by atoms with E-state index in [1.54, 1.807) is 30.2 Å². The molecular formula is C33H28FN3O5. The largest absolute Gasteiger partial charge is 0.493 e. The van der Waals surface area contributed by atoms with Crippen LogP contribution < -0.4 is 14.4 Å². The second-order valence-electron chi connectivity index (χ2n) is 10.4. The Kier molecular flexibility index (Phi) is 7.16. The number of ether oxygens (including phenoxy) is 2. The number of methoxy groups -OCH3 is 1. The number of rotatable bonds is 9. The van der Waals surface area contributed by atoms with Crippen LogP contribution >= 0.6 is 0 Å². The maximum Gasteiger partial charge on any atom is 0.263 e. The first-order valence-corrected chi connectivity index (χ1v) is 13.7. The number of halogens is 1. The molecule has 0 bridgehead atoms. The van der Waals surface area contributed by atoms with Gasteiger partial charge in [-0.25, -0.2) is 4.98 Å². The Morgan fingerprint density at radius 3 is 2.43 bits per heavy atom. The van der Waals surface area contributed by atoms with Gasteiger partial charge in [-0.05, 0) is 54.7 Å². The van der Waals surface area contributed by atoms with Gasteiger partial charge in [0.25, 0.3) is 17.7 Å². The molecule has 1 aromatic heterocycles. The first kappa shape index (κ1) is 27.1. The average molecular weight is 566 g/mol. The monoisotopic (exact) mass is 565 g/mol. The Bertz CT molecular complexity index is 1710. The number of amides is 3. The Morgan fingerprint density at radius 2 is 1.64 bits per heavy atom. The summed E-state index contributed by atoms with van der Waals surface area (Å²) in [5, 5.41) is 0. The Morgan fingerprint density at radius 1 is 0.857 bits per heavy atom. The van der Waals surface area contributed by atoms with E-state index in [0.717, 1.165) is 35.6 Å². The zero-order valence-electron chi connectivity index (χ0n) is 23.2. The standard InChI is InChI=1S/C33H28FN3O5/c1-20(8-9-21-6-4-3-5-7-21)42-29-15-24(12-13-28(29)41-2)36-19-23-11-10-22(14-25(23)31(36)38)18-37-32(39)26-16-30(34)35-17-27(26)33(37)40/h3-7,10-17,20H,8-9,18-19H2,1-2H3. The molecule has 1 unspecified atom stereocenters. The van der Waals surface area contributed by atoms with Gasteiger partial charge in [-0.3, -0.25) is 19.3 Å². The summed E-state index contributed by atoms with van der Waals surface area (Å²) in [6.07, 6.45) is 2.68. The summed E-state index contributed by atoms with van der Waals surface area (Å²) in [6.45, 7) is 2.33. The Hall–Kier alpha value is -5.05. The van der Waals surface area contributed by atoms with Crippen molar-refractivity contribution in [1.82, 2.24) is 9.88 Å². The summed E-state index contributed by atoms with van der Waals surface area (Å²) in [7, 11) is 1.58. The van der Waals surface area contributed by atoms with Gasteiger partial charge in [0.05, 0.1) is 37.4 Å². The van der Waals surface area contributed by atoms with Gasteiger partial charge in [-0.15, -0.1) is 0 Å². The fourth-order valence-corrected chi connectivity index (χ4v) is 5.36. The molecule has 0 spiro atoms. The molecule has 3 heterocycles. The average Bonchev–Trinajstić information content (AvgIpc) is 3.45. The number of benzene rings is 3. The molecule has 212 valence electrons. The van der Waals surface area contributed by atoms with Crippen LogP contribution in [0.1, 0.15) is 61.1 Å². The second-order valence-corrected chi connectivity index (χ2v) is 10.4. The molecular weight excluding hydrogens is 537 g/mol. The minimum Gasteiger partial charge on any atom is -0.493 e. The predicted molar refractivity (Wildman–Crippen MR) is 153 cm³/mol. The fraction of sp³-hybridized carbons (Fsp3) is 0.212. The summed E-state index contributed by atoms with van der Waals surface area (Å²) in [5.41, 5.74) is 3.89. The van der Waals surface area contributed by atoms with Crippen LogP contribution in [0.2, 0.25) is 0 Å². The topological polar surface area (TPSA) is 89.0 Å². The third kappa shape index (κ3) is 5.09. The van der Waals surface area contributed by atoms with Crippen LogP contribution in [0.4, 0.5) is 10.1 Å². The van der Waals surface area contributed by atoms with Gasteiger partial charge in [0.15, 0.2) is 11.5 Å². The minimum atomic E-state index is -0.825. The molecule has 4 aromatic rings. The summed E-state index contributed by atoms with van der Waals surface area (Å²) < 4.78 is 25.4. The van der Waals surface area contributed by atoms with Crippen molar-refractivity contribution in [2.45, 2.75) is 39.0 Å². The number of imide groups is 1. The highest BCUT2D eigenvalue weighted by atomic mass is 19.1. The lowest BCUT2D eigenvalue weighted by Crippen LogP contribution is -2.29. The number of pyridine rings is 1. The maximum atomic E-state index is 13.6. The Balaban J connectivity index is 1.17. The number of aromatic nitrogens is 1. The summed E-state index contributed by atoms with van der Waals surface area (Å²) >= 11 is 0. The van der Waals surface area contributed by atoms with Gasteiger partial charge in [0, 0.05) is 29.6 Å². The number of fused-ring (bicyclic) bond motifs is 2. The molecule has 2 aliphatic heterocycles. The van der Waals surface area contributed by atoms with Crippen molar-refractivity contribution >= 4 is 23.4 Å². The minimum absolute atomic E-state index is 0.0113. The number of anilines is 1. The van der Waals surface area contributed by atoms with Crippen LogP contribution in [0, 0.1) is 5.95 Å². The second kappa shape index (κ2) is 11.1. The number of carbonyl (C=O) groups is 3. The molecule has 1 atom stereocenters. The maximum absolute atomic E-state index is 13.6. The molecule has 0 saturated heterocycles. The molecule has 0 N–H and O–H groups in total. The van der Waals surface area contributed by atoms with Crippen LogP contribution in [0.5, 0.6) is 11.5 Å². The summed E-state index contributed by atoms with van der Waals surface area (Å²) in [5.74, 6) is -1.03. The van der Waals surface area contributed by atoms with E-state index in [-0.39, 0.29) is 29.7 Å². The van der Waals surface area contributed by atoms with E-state index in [0.29, 0.717) is 34.9 Å². The van der Waals surface area contributed by atoms with E-state index in [4.69, 9.17) is 9.47 Å². The molecule has 3 aromatic carbocycles. The van der Waals surface area contributed by atoms with Crippen molar-refractivity contribution in [1.29, 1.82) is 0 Å². The molecule has 42 heavy (non-hydrogen) atoms. The van der Waals surface area contributed by atoms with E-state index in [1.807, 2.05) is 43.3 Å². The van der Waals surface area contributed by atoms with Crippen LogP contribution in [-0.4, -0.2) is 40.8 Å². The lowest BCUT2D eigenvalue weighted by molar-refractivity contribution is 0.0642. The SMILES string of the molecule is COc1ccc(N2Cc3ccc(CN4C(=O)c5cnc(F)cc5C4=O)cc3C2=O)cc1OC(C)CCc1ccccc1. The van der Waals surface area contributed by atoms with E-state index < -0.39 is 17.8 Å². The van der Waals surface area contributed by atoms with Gasteiger partial charge >= 0.3 is 0 Å². The fourth-order valence-electron chi connectivity index (χ4n) is 5.36. The van der Waals surface area contributed by atoms with Crippen molar-refractivity contribution in [3.8, 4) is 11.5 Å². The third-order valence-corrected chi connectivity index (χ3v) is 7.61. The van der Waals surface area contributed by atoms with Gasteiger partial charge in [0.2, 0.25) is 5.95 Å². The number of carbonyl (C=O) groups excluding carboxylic acids is 3. The molecule has 2 aliphatic rings. The Labute approximate surface area is 242 Å². The summed E-state index contributed by atoms with van der Waals surface area (Å²) in [6, 6.07) is 21.9. The molecule has 0 fully saturated rings. The lowest BCUT2D eigenvalue weighted by atomic mass is 10.1. The highest BCUT2D eigenvalue weighted by Crippen LogP contribution is 2.37. The quantitative estimate of drug-likeness (QED) is 0.194. The number of nitrogens with zero attached hydrogens (tertiary/aromatic N) is 3. The summed E-state index contributed by atoms with van der Waals surface area (Å²) in [4.78, 5) is 45.3. The van der Waals surface area contributed by atoms with E-state index in [1.165, 1.54) is 5.56 Å². The van der Waals surface area contributed by atoms with Crippen LogP contribution in [0.25, 0.3) is 0 Å².